The van der Waals surface area contributed by atoms with Crippen LogP contribution in [-0.4, -0.2) is 21.1 Å². The third-order valence-electron chi connectivity index (χ3n) is 5.96. The maximum absolute atomic E-state index is 13.0. The Hall–Kier alpha value is -2.90. The van der Waals surface area contributed by atoms with E-state index in [-0.39, 0.29) is 16.7 Å². The van der Waals surface area contributed by atoms with E-state index in [1.54, 1.807) is 0 Å². The molecule has 2 aromatic heterocycles. The quantitative estimate of drug-likeness (QED) is 0.218. The maximum Gasteiger partial charge on any atom is 0.260 e. The molecule has 2 heterocycles. The van der Waals surface area contributed by atoms with E-state index in [0.717, 1.165) is 27.9 Å². The Morgan fingerprint density at radius 2 is 1.79 bits per heavy atom. The van der Waals surface area contributed by atoms with Crippen molar-refractivity contribution in [2.75, 3.05) is 5.32 Å². The predicted molar refractivity (Wildman–Crippen MR) is 144 cm³/mol. The summed E-state index contributed by atoms with van der Waals surface area (Å²) in [6.07, 6.45) is 0.612. The first-order chi connectivity index (χ1) is 16.3. The number of carbonyl (C=O) groups excluding carboxylic acids is 1. The van der Waals surface area contributed by atoms with Crippen LogP contribution < -0.4 is 10.9 Å². The number of anilines is 1. The summed E-state index contributed by atoms with van der Waals surface area (Å²) in [4.78, 5) is 34.3. The molecule has 0 spiro atoms. The maximum atomic E-state index is 13.0. The molecular weight excluding hydrogens is 462 g/mol. The number of carbonyl (C=O) groups is 1. The summed E-state index contributed by atoms with van der Waals surface area (Å²) < 4.78 is 0. The van der Waals surface area contributed by atoms with E-state index in [1.165, 1.54) is 28.7 Å². The molecule has 176 valence electrons. The standard InChI is InChI=1S/C27H29N3O2S2/c1-6-21(24(31)28-23-16(4)8-7-9-17(23)5)34-27-29-25(32)22-20(14-33-26(22)30-27)19-12-10-18(11-13-19)15(2)3/h7-15,21H,6H2,1-5H3,(H,28,31)(H,29,30,32). The number of hydrogen-bond acceptors (Lipinski definition) is 5. The molecule has 0 bridgehead atoms. The number of amides is 1. The van der Waals surface area contributed by atoms with Crippen LogP contribution in [0.5, 0.6) is 0 Å². The van der Waals surface area contributed by atoms with E-state index in [0.29, 0.717) is 27.7 Å². The molecule has 0 saturated heterocycles. The molecular formula is C27H29N3O2S2. The van der Waals surface area contributed by atoms with Crippen molar-refractivity contribution in [2.45, 2.75) is 57.4 Å². The van der Waals surface area contributed by atoms with E-state index in [1.807, 2.05) is 44.4 Å². The second-order valence-corrected chi connectivity index (χ2v) is 10.8. The second-order valence-electron chi connectivity index (χ2n) is 8.75. The normalized spacial score (nSPS) is 12.3. The number of thioether (sulfide) groups is 1. The van der Waals surface area contributed by atoms with Gasteiger partial charge < -0.3 is 10.3 Å². The van der Waals surface area contributed by atoms with Crippen molar-refractivity contribution in [1.82, 2.24) is 9.97 Å². The van der Waals surface area contributed by atoms with Crippen LogP contribution >= 0.6 is 23.1 Å². The third-order valence-corrected chi connectivity index (χ3v) is 8.08. The van der Waals surface area contributed by atoms with Crippen molar-refractivity contribution in [3.63, 3.8) is 0 Å². The van der Waals surface area contributed by atoms with Gasteiger partial charge >= 0.3 is 0 Å². The smallest absolute Gasteiger partial charge is 0.260 e. The Morgan fingerprint density at radius 1 is 1.12 bits per heavy atom. The van der Waals surface area contributed by atoms with Gasteiger partial charge in [-0.15, -0.1) is 11.3 Å². The van der Waals surface area contributed by atoms with Crippen LogP contribution in [0.1, 0.15) is 49.8 Å². The van der Waals surface area contributed by atoms with Gasteiger partial charge in [-0.3, -0.25) is 9.59 Å². The van der Waals surface area contributed by atoms with Crippen molar-refractivity contribution in [1.29, 1.82) is 0 Å². The van der Waals surface area contributed by atoms with Crippen LogP contribution in [-0.2, 0) is 4.79 Å². The number of nitrogens with zero attached hydrogens (tertiary/aromatic N) is 1. The zero-order valence-corrected chi connectivity index (χ0v) is 21.7. The molecule has 0 aliphatic heterocycles. The zero-order valence-electron chi connectivity index (χ0n) is 20.1. The summed E-state index contributed by atoms with van der Waals surface area (Å²) in [5.41, 5.74) is 5.86. The molecule has 5 nitrogen and oxygen atoms in total. The summed E-state index contributed by atoms with van der Waals surface area (Å²) in [6, 6.07) is 14.3. The highest BCUT2D eigenvalue weighted by atomic mass is 32.2. The summed E-state index contributed by atoms with van der Waals surface area (Å²) >= 11 is 2.75. The lowest BCUT2D eigenvalue weighted by atomic mass is 9.99. The Labute approximate surface area is 208 Å². The lowest BCUT2D eigenvalue weighted by Crippen LogP contribution is -2.26. The van der Waals surface area contributed by atoms with Crippen LogP contribution in [0, 0.1) is 13.8 Å². The van der Waals surface area contributed by atoms with Crippen LogP contribution in [0.25, 0.3) is 21.3 Å². The highest BCUT2D eigenvalue weighted by Gasteiger charge is 2.22. The first kappa shape index (κ1) is 24.2. The predicted octanol–water partition coefficient (Wildman–Crippen LogP) is 6.90. The molecule has 4 rings (SSSR count). The average Bonchev–Trinajstić information content (AvgIpc) is 3.24. The van der Waals surface area contributed by atoms with E-state index in [2.05, 4.69) is 53.4 Å². The minimum atomic E-state index is -0.373. The zero-order chi connectivity index (χ0) is 24.4. The number of H-pyrrole nitrogens is 1. The van der Waals surface area contributed by atoms with Gasteiger partial charge in [0.2, 0.25) is 5.91 Å². The molecule has 2 N–H and O–H groups in total. The summed E-state index contributed by atoms with van der Waals surface area (Å²) in [5, 5.41) is 5.73. The van der Waals surface area contributed by atoms with E-state index in [4.69, 9.17) is 0 Å². The molecule has 1 atom stereocenters. The highest BCUT2D eigenvalue weighted by Crippen LogP contribution is 2.33. The van der Waals surface area contributed by atoms with Gasteiger partial charge in [0, 0.05) is 16.6 Å². The van der Waals surface area contributed by atoms with Crippen molar-refractivity contribution in [3.8, 4) is 11.1 Å². The Kier molecular flexibility index (Phi) is 7.24. The number of benzene rings is 2. The molecule has 0 fully saturated rings. The molecule has 1 amide bonds. The van der Waals surface area contributed by atoms with E-state index in [9.17, 15) is 9.59 Å². The van der Waals surface area contributed by atoms with Crippen molar-refractivity contribution >= 4 is 44.9 Å². The second kappa shape index (κ2) is 10.2. The van der Waals surface area contributed by atoms with E-state index >= 15 is 0 Å². The molecule has 7 heteroatoms. The monoisotopic (exact) mass is 491 g/mol. The SMILES string of the molecule is CCC(Sc1nc2scc(-c3ccc(C(C)C)cc3)c2c(=O)[nH]1)C(=O)Nc1c(C)cccc1C. The number of fused-ring (bicyclic) bond motifs is 1. The number of aromatic amines is 1. The third kappa shape index (κ3) is 4.95. The molecule has 0 saturated carbocycles. The minimum absolute atomic E-state index is 0.0928. The fourth-order valence-corrected chi connectivity index (χ4v) is 5.82. The molecule has 34 heavy (non-hydrogen) atoms. The van der Waals surface area contributed by atoms with Crippen molar-refractivity contribution < 1.29 is 4.79 Å². The average molecular weight is 492 g/mol. The number of rotatable bonds is 7. The first-order valence-electron chi connectivity index (χ1n) is 11.4. The lowest BCUT2D eigenvalue weighted by Gasteiger charge is -2.16. The van der Waals surface area contributed by atoms with Gasteiger partial charge in [-0.2, -0.15) is 0 Å². The number of thiophene rings is 1. The number of aromatic nitrogens is 2. The van der Waals surface area contributed by atoms with Gasteiger partial charge in [0.25, 0.3) is 5.56 Å². The molecule has 0 aliphatic carbocycles. The van der Waals surface area contributed by atoms with Crippen LogP contribution in [0.2, 0.25) is 0 Å². The van der Waals surface area contributed by atoms with Gasteiger partial charge in [-0.25, -0.2) is 4.98 Å². The summed E-state index contributed by atoms with van der Waals surface area (Å²) in [5.74, 6) is 0.362. The van der Waals surface area contributed by atoms with Gasteiger partial charge in [-0.1, -0.05) is 75.0 Å². The summed E-state index contributed by atoms with van der Waals surface area (Å²) in [6.45, 7) is 10.2. The van der Waals surface area contributed by atoms with Crippen LogP contribution in [0.3, 0.4) is 0 Å². The number of para-hydroxylation sites is 1. The molecule has 0 aliphatic rings. The number of hydrogen-bond donors (Lipinski definition) is 2. The topological polar surface area (TPSA) is 74.8 Å². The Morgan fingerprint density at radius 3 is 2.41 bits per heavy atom. The van der Waals surface area contributed by atoms with Gasteiger partial charge in [0.15, 0.2) is 5.16 Å². The number of nitrogens with one attached hydrogen (secondary N) is 2. The molecule has 0 radical (unpaired) electrons. The first-order valence-corrected chi connectivity index (χ1v) is 13.2. The molecule has 4 aromatic rings. The fourth-order valence-electron chi connectivity index (χ4n) is 3.92. The van der Waals surface area contributed by atoms with Gasteiger partial charge in [0.05, 0.1) is 10.6 Å². The minimum Gasteiger partial charge on any atom is -0.325 e. The van der Waals surface area contributed by atoms with Crippen molar-refractivity contribution in [2.24, 2.45) is 0 Å². The Bertz CT molecular complexity index is 1370. The van der Waals surface area contributed by atoms with E-state index < -0.39 is 0 Å². The Balaban J connectivity index is 1.59. The highest BCUT2D eigenvalue weighted by molar-refractivity contribution is 8.00. The summed E-state index contributed by atoms with van der Waals surface area (Å²) in [7, 11) is 0. The lowest BCUT2D eigenvalue weighted by molar-refractivity contribution is -0.115. The van der Waals surface area contributed by atoms with Gasteiger partial charge in [-0.05, 0) is 48.4 Å². The van der Waals surface area contributed by atoms with Crippen molar-refractivity contribution in [3.05, 3.63) is 74.9 Å². The largest absolute Gasteiger partial charge is 0.325 e. The van der Waals surface area contributed by atoms with Crippen LogP contribution in [0.4, 0.5) is 5.69 Å². The molecule has 2 aromatic carbocycles. The van der Waals surface area contributed by atoms with Crippen LogP contribution in [0.15, 0.2) is 57.8 Å². The number of aryl methyl sites for hydroxylation is 2. The molecule has 1 unspecified atom stereocenters. The van der Waals surface area contributed by atoms with Gasteiger partial charge in [0.1, 0.15) is 4.83 Å². The fraction of sp³-hybridized carbons (Fsp3) is 0.296.